The summed E-state index contributed by atoms with van der Waals surface area (Å²) >= 11 is 0. The van der Waals surface area contributed by atoms with Gasteiger partial charge in [0.25, 0.3) is 0 Å². The van der Waals surface area contributed by atoms with Gasteiger partial charge in [-0.15, -0.1) is 6.58 Å². The van der Waals surface area contributed by atoms with Crippen molar-refractivity contribution in [2.24, 2.45) is 11.3 Å². The predicted molar refractivity (Wildman–Crippen MR) is 74.2 cm³/mol. The molecule has 0 fully saturated rings. The lowest BCUT2D eigenvalue weighted by molar-refractivity contribution is -0.158. The van der Waals surface area contributed by atoms with Crippen molar-refractivity contribution in [3.8, 4) is 0 Å². The molecule has 18 heavy (non-hydrogen) atoms. The molecule has 2 atom stereocenters. The minimum atomic E-state index is -0.615. The van der Waals surface area contributed by atoms with Crippen LogP contribution in [0.25, 0.3) is 0 Å². The van der Waals surface area contributed by atoms with Crippen LogP contribution >= 0.6 is 0 Å². The van der Waals surface area contributed by atoms with Gasteiger partial charge in [0.05, 0.1) is 18.1 Å². The van der Waals surface area contributed by atoms with Crippen LogP contribution in [0.15, 0.2) is 12.7 Å². The highest BCUT2D eigenvalue weighted by atomic mass is 16.5. The Hall–Kier alpha value is -0.830. The van der Waals surface area contributed by atoms with E-state index >= 15 is 0 Å². The Morgan fingerprint density at radius 2 is 2.06 bits per heavy atom. The maximum Gasteiger partial charge on any atom is 0.312 e. The monoisotopic (exact) mass is 256 g/mol. The Bertz CT molecular complexity index is 260. The average Bonchev–Trinajstić information content (AvgIpc) is 2.29. The standard InChI is InChI=1S/C15H28O3/c1-6-9-15(10-7-2,14(17)18-8-3)11-13(16)12(4)5/h6,12-13,16H,1,7-11H2,2-5H3/t13-,15+/m0/s1. The van der Waals surface area contributed by atoms with Gasteiger partial charge in [-0.1, -0.05) is 33.3 Å². The number of rotatable bonds is 9. The number of hydrogen-bond donors (Lipinski definition) is 1. The van der Waals surface area contributed by atoms with Gasteiger partial charge in [-0.3, -0.25) is 4.79 Å². The summed E-state index contributed by atoms with van der Waals surface area (Å²) in [6.07, 6.45) is 3.88. The van der Waals surface area contributed by atoms with Crippen LogP contribution in [0.1, 0.15) is 53.4 Å². The lowest BCUT2D eigenvalue weighted by Crippen LogP contribution is -2.37. The molecule has 106 valence electrons. The van der Waals surface area contributed by atoms with Crippen molar-refractivity contribution in [2.75, 3.05) is 6.61 Å². The van der Waals surface area contributed by atoms with E-state index in [2.05, 4.69) is 6.58 Å². The zero-order valence-electron chi connectivity index (χ0n) is 12.2. The molecule has 0 saturated carbocycles. The fourth-order valence-corrected chi connectivity index (χ4v) is 2.23. The molecule has 0 aromatic rings. The third-order valence-corrected chi connectivity index (χ3v) is 3.34. The van der Waals surface area contributed by atoms with Gasteiger partial charge >= 0.3 is 5.97 Å². The zero-order chi connectivity index (χ0) is 14.2. The number of carbonyl (C=O) groups excluding carboxylic acids is 1. The van der Waals surface area contributed by atoms with Crippen molar-refractivity contribution in [1.29, 1.82) is 0 Å². The third kappa shape index (κ3) is 4.81. The van der Waals surface area contributed by atoms with Gasteiger partial charge in [0.15, 0.2) is 0 Å². The summed E-state index contributed by atoms with van der Waals surface area (Å²) in [6.45, 7) is 11.9. The molecule has 0 rings (SSSR count). The average molecular weight is 256 g/mol. The van der Waals surface area contributed by atoms with Crippen molar-refractivity contribution >= 4 is 5.97 Å². The summed E-state index contributed by atoms with van der Waals surface area (Å²) in [5.41, 5.74) is -0.615. The first-order valence-corrected chi connectivity index (χ1v) is 6.89. The highest BCUT2D eigenvalue weighted by molar-refractivity contribution is 5.77. The van der Waals surface area contributed by atoms with Crippen LogP contribution in [0.5, 0.6) is 0 Å². The highest BCUT2D eigenvalue weighted by Crippen LogP contribution is 2.37. The second-order valence-electron chi connectivity index (χ2n) is 5.26. The molecule has 0 aliphatic carbocycles. The lowest BCUT2D eigenvalue weighted by atomic mass is 9.74. The molecular weight excluding hydrogens is 228 g/mol. The summed E-state index contributed by atoms with van der Waals surface area (Å²) in [5.74, 6) is -0.0630. The third-order valence-electron chi connectivity index (χ3n) is 3.34. The van der Waals surface area contributed by atoms with E-state index in [-0.39, 0.29) is 11.9 Å². The van der Waals surface area contributed by atoms with E-state index < -0.39 is 11.5 Å². The maximum atomic E-state index is 12.2. The van der Waals surface area contributed by atoms with E-state index in [9.17, 15) is 9.90 Å². The zero-order valence-corrected chi connectivity index (χ0v) is 12.2. The molecule has 3 heteroatoms. The normalized spacial score (nSPS) is 16.1. The van der Waals surface area contributed by atoms with Crippen molar-refractivity contribution < 1.29 is 14.6 Å². The summed E-state index contributed by atoms with van der Waals surface area (Å²) < 4.78 is 5.20. The van der Waals surface area contributed by atoms with Gasteiger partial charge in [-0.05, 0) is 32.1 Å². The van der Waals surface area contributed by atoms with E-state index in [4.69, 9.17) is 4.74 Å². The van der Waals surface area contributed by atoms with Crippen LogP contribution in [0.2, 0.25) is 0 Å². The Kier molecular flexibility index (Phi) is 7.92. The molecule has 0 radical (unpaired) electrons. The molecule has 1 N–H and O–H groups in total. The second-order valence-corrected chi connectivity index (χ2v) is 5.26. The van der Waals surface area contributed by atoms with Gasteiger partial charge in [0, 0.05) is 0 Å². The van der Waals surface area contributed by atoms with Gasteiger partial charge in [-0.2, -0.15) is 0 Å². The molecule has 0 spiro atoms. The molecule has 0 aromatic heterocycles. The fourth-order valence-electron chi connectivity index (χ4n) is 2.23. The van der Waals surface area contributed by atoms with Crippen molar-refractivity contribution in [1.82, 2.24) is 0 Å². The molecule has 0 saturated heterocycles. The summed E-state index contributed by atoms with van der Waals surface area (Å²) in [5, 5.41) is 10.1. The lowest BCUT2D eigenvalue weighted by Gasteiger charge is -2.33. The first kappa shape index (κ1) is 17.2. The molecule has 0 amide bonds. The quantitative estimate of drug-likeness (QED) is 0.508. The minimum Gasteiger partial charge on any atom is -0.466 e. The van der Waals surface area contributed by atoms with E-state index in [0.717, 1.165) is 12.8 Å². The van der Waals surface area contributed by atoms with E-state index in [1.807, 2.05) is 20.8 Å². The molecule has 3 nitrogen and oxygen atoms in total. The Morgan fingerprint density at radius 1 is 1.44 bits per heavy atom. The topological polar surface area (TPSA) is 46.5 Å². The second kappa shape index (κ2) is 8.30. The largest absolute Gasteiger partial charge is 0.466 e. The van der Waals surface area contributed by atoms with Crippen LogP contribution in [0.3, 0.4) is 0 Å². The Balaban J connectivity index is 5.06. The van der Waals surface area contributed by atoms with Crippen molar-refractivity contribution in [2.45, 2.75) is 59.5 Å². The maximum absolute atomic E-state index is 12.2. The summed E-state index contributed by atoms with van der Waals surface area (Å²) in [7, 11) is 0. The number of esters is 1. The van der Waals surface area contributed by atoms with Crippen LogP contribution in [0, 0.1) is 11.3 Å². The number of ether oxygens (including phenoxy) is 1. The van der Waals surface area contributed by atoms with Gasteiger partial charge < -0.3 is 9.84 Å². The predicted octanol–water partition coefficient (Wildman–Crippen LogP) is 3.32. The molecule has 0 unspecified atom stereocenters. The number of allylic oxidation sites excluding steroid dienone is 1. The smallest absolute Gasteiger partial charge is 0.312 e. The van der Waals surface area contributed by atoms with Crippen LogP contribution in [0.4, 0.5) is 0 Å². The summed E-state index contributed by atoms with van der Waals surface area (Å²) in [6, 6.07) is 0. The first-order valence-electron chi connectivity index (χ1n) is 6.89. The minimum absolute atomic E-state index is 0.139. The van der Waals surface area contributed by atoms with Crippen LogP contribution in [-0.2, 0) is 9.53 Å². The van der Waals surface area contributed by atoms with Crippen molar-refractivity contribution in [3.63, 3.8) is 0 Å². The Morgan fingerprint density at radius 3 is 2.44 bits per heavy atom. The molecule has 0 bridgehead atoms. The van der Waals surface area contributed by atoms with Gasteiger partial charge in [0.1, 0.15) is 0 Å². The number of aliphatic hydroxyl groups is 1. The van der Waals surface area contributed by atoms with Crippen molar-refractivity contribution in [3.05, 3.63) is 12.7 Å². The van der Waals surface area contributed by atoms with E-state index in [1.165, 1.54) is 0 Å². The molecular formula is C15H28O3. The highest BCUT2D eigenvalue weighted by Gasteiger charge is 2.40. The number of aliphatic hydroxyl groups excluding tert-OH is 1. The van der Waals surface area contributed by atoms with Crippen LogP contribution in [-0.4, -0.2) is 23.8 Å². The fraction of sp³-hybridized carbons (Fsp3) is 0.800. The number of carbonyl (C=O) groups is 1. The van der Waals surface area contributed by atoms with E-state index in [0.29, 0.717) is 19.4 Å². The Labute approximate surface area is 111 Å². The summed E-state index contributed by atoms with van der Waals surface area (Å²) in [4.78, 5) is 12.2. The molecule has 0 heterocycles. The van der Waals surface area contributed by atoms with Gasteiger partial charge in [-0.25, -0.2) is 0 Å². The molecule has 0 aliphatic heterocycles. The molecule has 0 aromatic carbocycles. The van der Waals surface area contributed by atoms with Crippen LogP contribution < -0.4 is 0 Å². The van der Waals surface area contributed by atoms with E-state index in [1.54, 1.807) is 13.0 Å². The van der Waals surface area contributed by atoms with Gasteiger partial charge in [0.2, 0.25) is 0 Å². The SMILES string of the molecule is C=CC[C@@](CCC)(C[C@H](O)C(C)C)C(=O)OCC. The first-order chi connectivity index (χ1) is 8.43. The molecule has 0 aliphatic rings. The number of hydrogen-bond acceptors (Lipinski definition) is 3.